The fourth-order valence-corrected chi connectivity index (χ4v) is 3.43. The second-order valence-electron chi connectivity index (χ2n) is 7.06. The van der Waals surface area contributed by atoms with Crippen LogP contribution in [0.5, 0.6) is 0 Å². The molecule has 1 saturated carbocycles. The van der Waals surface area contributed by atoms with Gasteiger partial charge >= 0.3 is 12.0 Å². The van der Waals surface area contributed by atoms with E-state index in [0.717, 1.165) is 45.3 Å². The van der Waals surface area contributed by atoms with E-state index in [9.17, 15) is 9.59 Å². The highest BCUT2D eigenvalue weighted by atomic mass is 16.4. The Morgan fingerprint density at radius 2 is 2.05 bits per heavy atom. The molecule has 0 bridgehead atoms. The molecule has 6 heteroatoms. The number of carbonyl (C=O) groups is 2. The van der Waals surface area contributed by atoms with Crippen LogP contribution in [0.2, 0.25) is 0 Å². The molecule has 1 heterocycles. The van der Waals surface area contributed by atoms with E-state index in [2.05, 4.69) is 19.2 Å². The van der Waals surface area contributed by atoms with Crippen molar-refractivity contribution in [3.05, 3.63) is 0 Å². The first-order valence-corrected chi connectivity index (χ1v) is 8.38. The first-order valence-electron chi connectivity index (χ1n) is 8.38. The fraction of sp³-hybridized carbons (Fsp3) is 0.875. The van der Waals surface area contributed by atoms with Gasteiger partial charge in [-0.25, -0.2) is 4.79 Å². The Bertz CT molecular complexity index is 423. The van der Waals surface area contributed by atoms with Crippen molar-refractivity contribution in [2.45, 2.75) is 58.5 Å². The van der Waals surface area contributed by atoms with E-state index in [4.69, 9.17) is 5.11 Å². The van der Waals surface area contributed by atoms with Crippen molar-refractivity contribution in [1.29, 1.82) is 0 Å². The summed E-state index contributed by atoms with van der Waals surface area (Å²) in [4.78, 5) is 27.0. The van der Waals surface area contributed by atoms with Gasteiger partial charge in [-0.15, -0.1) is 0 Å². The molecule has 1 saturated heterocycles. The Morgan fingerprint density at radius 3 is 2.55 bits per heavy atom. The summed E-state index contributed by atoms with van der Waals surface area (Å²) in [5.41, 5.74) is 0.264. The molecule has 2 N–H and O–H groups in total. The number of hydrogen-bond donors (Lipinski definition) is 2. The number of carboxylic acids is 1. The number of urea groups is 1. The molecule has 0 spiro atoms. The number of carboxylic acid groups (broad SMARTS) is 1. The summed E-state index contributed by atoms with van der Waals surface area (Å²) in [5.74, 6) is -0.787. The van der Waals surface area contributed by atoms with E-state index >= 15 is 0 Å². The van der Waals surface area contributed by atoms with E-state index in [1.807, 2.05) is 16.7 Å². The van der Waals surface area contributed by atoms with Gasteiger partial charge in [-0.05, 0) is 37.6 Å². The lowest BCUT2D eigenvalue weighted by molar-refractivity contribution is -0.139. The maximum atomic E-state index is 12.3. The van der Waals surface area contributed by atoms with Gasteiger partial charge in [-0.3, -0.25) is 9.69 Å². The highest BCUT2D eigenvalue weighted by molar-refractivity contribution is 5.75. The second-order valence-corrected chi connectivity index (χ2v) is 7.06. The Hall–Kier alpha value is -1.30. The molecule has 126 valence electrons. The van der Waals surface area contributed by atoms with E-state index in [1.54, 1.807) is 0 Å². The lowest BCUT2D eigenvalue weighted by Gasteiger charge is -2.42. The Balaban J connectivity index is 1.73. The molecule has 0 aromatic heterocycles. The number of nitrogens with zero attached hydrogens (tertiary/aromatic N) is 2. The van der Waals surface area contributed by atoms with Crippen molar-refractivity contribution in [1.82, 2.24) is 15.1 Å². The van der Waals surface area contributed by atoms with E-state index in [1.165, 1.54) is 0 Å². The summed E-state index contributed by atoms with van der Waals surface area (Å²) in [6.45, 7) is 8.90. The van der Waals surface area contributed by atoms with Crippen molar-refractivity contribution in [3.8, 4) is 0 Å². The van der Waals surface area contributed by atoms with E-state index in [-0.39, 0.29) is 30.1 Å². The fourth-order valence-electron chi connectivity index (χ4n) is 3.43. The topological polar surface area (TPSA) is 72.9 Å². The highest BCUT2D eigenvalue weighted by Gasteiger charge is 2.38. The second kappa shape index (κ2) is 6.86. The van der Waals surface area contributed by atoms with Gasteiger partial charge in [-0.1, -0.05) is 20.8 Å². The number of hydrogen-bond acceptors (Lipinski definition) is 3. The van der Waals surface area contributed by atoms with Crippen molar-refractivity contribution >= 4 is 12.0 Å². The number of likely N-dealkylation sites (tertiary alicyclic amines) is 1. The maximum absolute atomic E-state index is 12.3. The van der Waals surface area contributed by atoms with Crippen LogP contribution in [0.4, 0.5) is 4.79 Å². The van der Waals surface area contributed by atoms with Crippen LogP contribution in [0, 0.1) is 5.41 Å². The molecule has 1 unspecified atom stereocenters. The SMILES string of the molecule is CCN(CC(=O)O)C1CC(NC(=O)N2CCC(C)(CC)C2)C1. The minimum Gasteiger partial charge on any atom is -0.480 e. The largest absolute Gasteiger partial charge is 0.480 e. The Morgan fingerprint density at radius 1 is 1.36 bits per heavy atom. The van der Waals surface area contributed by atoms with Crippen LogP contribution in [-0.4, -0.2) is 65.2 Å². The van der Waals surface area contributed by atoms with Gasteiger partial charge in [0.1, 0.15) is 0 Å². The van der Waals surface area contributed by atoms with Gasteiger partial charge < -0.3 is 15.3 Å². The smallest absolute Gasteiger partial charge is 0.317 e. The van der Waals surface area contributed by atoms with Crippen molar-refractivity contribution in [3.63, 3.8) is 0 Å². The number of aliphatic carboxylic acids is 1. The van der Waals surface area contributed by atoms with Crippen LogP contribution in [0.1, 0.15) is 46.5 Å². The quantitative estimate of drug-likeness (QED) is 0.784. The third-order valence-electron chi connectivity index (χ3n) is 5.40. The first kappa shape index (κ1) is 17.1. The third-order valence-corrected chi connectivity index (χ3v) is 5.40. The number of amides is 2. The summed E-state index contributed by atoms with van der Waals surface area (Å²) in [5, 5.41) is 12.0. The summed E-state index contributed by atoms with van der Waals surface area (Å²) in [6, 6.07) is 0.515. The van der Waals surface area contributed by atoms with E-state index in [0.29, 0.717) is 0 Å². The van der Waals surface area contributed by atoms with Gasteiger partial charge in [0, 0.05) is 25.2 Å². The summed E-state index contributed by atoms with van der Waals surface area (Å²) in [6.07, 6.45) is 3.88. The third kappa shape index (κ3) is 3.91. The zero-order valence-electron chi connectivity index (χ0n) is 14.0. The zero-order chi connectivity index (χ0) is 16.3. The molecule has 2 fully saturated rings. The van der Waals surface area contributed by atoms with Crippen LogP contribution >= 0.6 is 0 Å². The standard InChI is InChI=1S/C16H29N3O3/c1-4-16(3)6-7-19(11-16)15(22)17-12-8-13(9-12)18(5-2)10-14(20)21/h12-13H,4-11H2,1-3H3,(H,17,22)(H,20,21). The van der Waals surface area contributed by atoms with Crippen molar-refractivity contribution < 1.29 is 14.7 Å². The highest BCUT2D eigenvalue weighted by Crippen LogP contribution is 2.33. The molecule has 0 aromatic carbocycles. The molecule has 2 rings (SSSR count). The van der Waals surface area contributed by atoms with Gasteiger partial charge in [0.25, 0.3) is 0 Å². The molecule has 1 aliphatic heterocycles. The summed E-state index contributed by atoms with van der Waals surface area (Å²) in [7, 11) is 0. The van der Waals surface area contributed by atoms with Crippen LogP contribution in [-0.2, 0) is 4.79 Å². The minimum absolute atomic E-state index is 0.0434. The summed E-state index contributed by atoms with van der Waals surface area (Å²) >= 11 is 0. The average molecular weight is 311 g/mol. The molecule has 2 aliphatic rings. The molecule has 6 nitrogen and oxygen atoms in total. The molecule has 1 atom stereocenters. The van der Waals surface area contributed by atoms with Crippen LogP contribution < -0.4 is 5.32 Å². The molecule has 0 aromatic rings. The van der Waals surface area contributed by atoms with Gasteiger partial charge in [0.15, 0.2) is 0 Å². The van der Waals surface area contributed by atoms with Crippen LogP contribution in [0.15, 0.2) is 0 Å². The molecule has 22 heavy (non-hydrogen) atoms. The van der Waals surface area contributed by atoms with Gasteiger partial charge in [0.05, 0.1) is 6.54 Å². The Labute approximate surface area is 132 Å². The van der Waals surface area contributed by atoms with Crippen molar-refractivity contribution in [2.24, 2.45) is 5.41 Å². The van der Waals surface area contributed by atoms with Gasteiger partial charge in [-0.2, -0.15) is 0 Å². The zero-order valence-corrected chi connectivity index (χ0v) is 14.0. The van der Waals surface area contributed by atoms with Crippen molar-refractivity contribution in [2.75, 3.05) is 26.2 Å². The average Bonchev–Trinajstić information content (AvgIpc) is 2.83. The van der Waals surface area contributed by atoms with Crippen LogP contribution in [0.3, 0.4) is 0 Å². The van der Waals surface area contributed by atoms with Crippen LogP contribution in [0.25, 0.3) is 0 Å². The number of carbonyl (C=O) groups excluding carboxylic acids is 1. The minimum atomic E-state index is -0.787. The maximum Gasteiger partial charge on any atom is 0.317 e. The molecule has 2 amide bonds. The molecule has 1 aliphatic carbocycles. The lowest BCUT2D eigenvalue weighted by atomic mass is 9.85. The number of rotatable bonds is 6. The monoisotopic (exact) mass is 311 g/mol. The molecular formula is C16H29N3O3. The predicted molar refractivity (Wildman–Crippen MR) is 84.8 cm³/mol. The summed E-state index contributed by atoms with van der Waals surface area (Å²) < 4.78 is 0. The predicted octanol–water partition coefficient (Wildman–Crippen LogP) is 1.76. The van der Waals surface area contributed by atoms with Gasteiger partial charge in [0.2, 0.25) is 0 Å². The normalized spacial score (nSPS) is 31.2. The first-order chi connectivity index (χ1) is 10.4. The number of likely N-dealkylation sites (N-methyl/N-ethyl adjacent to an activating group) is 1. The van der Waals surface area contributed by atoms with E-state index < -0.39 is 5.97 Å². The molecule has 0 radical (unpaired) electrons. The number of nitrogens with one attached hydrogen (secondary N) is 1. The Kier molecular flexibility index (Phi) is 5.32. The lowest BCUT2D eigenvalue weighted by Crippen LogP contribution is -2.56. The molecular weight excluding hydrogens is 282 g/mol.